The fraction of sp³-hybridized carbons (Fsp3) is 1.00. The van der Waals surface area contributed by atoms with Crippen LogP contribution in [0.25, 0.3) is 0 Å². The summed E-state index contributed by atoms with van der Waals surface area (Å²) in [6.07, 6.45) is 4.57. The molecule has 0 radical (unpaired) electrons. The molecule has 0 atom stereocenters. The average molecular weight is 292 g/mol. The van der Waals surface area contributed by atoms with E-state index in [-0.39, 0.29) is 0 Å². The lowest BCUT2D eigenvalue weighted by Crippen LogP contribution is -2.43. The first-order valence-electron chi connectivity index (χ1n) is 7.25. The highest BCUT2D eigenvalue weighted by Gasteiger charge is 2.36. The van der Waals surface area contributed by atoms with Gasteiger partial charge in [0.1, 0.15) is 0 Å². The first-order valence-corrected chi connectivity index (χ1v) is 9.19. The zero-order chi connectivity index (χ0) is 14.6. The summed E-state index contributed by atoms with van der Waals surface area (Å²) in [6.45, 7) is 6.27. The van der Waals surface area contributed by atoms with Crippen LogP contribution in [0.3, 0.4) is 0 Å². The molecule has 0 aliphatic rings. The van der Waals surface area contributed by atoms with Gasteiger partial charge < -0.3 is 23.9 Å². The van der Waals surface area contributed by atoms with Crippen LogP contribution in [0, 0.1) is 0 Å². The van der Waals surface area contributed by atoms with Crippen molar-refractivity contribution < 1.29 is 13.3 Å². The van der Waals surface area contributed by atoms with Crippen LogP contribution in [-0.2, 0) is 13.3 Å². The van der Waals surface area contributed by atoms with Crippen molar-refractivity contribution in [2.24, 2.45) is 5.73 Å². The summed E-state index contributed by atoms with van der Waals surface area (Å²) in [7, 11) is 2.61. The molecule has 2 N–H and O–H groups in total. The molecule has 0 heterocycles. The van der Waals surface area contributed by atoms with Gasteiger partial charge in [-0.1, -0.05) is 13.3 Å². The van der Waals surface area contributed by atoms with Crippen molar-refractivity contribution in [2.45, 2.75) is 38.7 Å². The van der Waals surface area contributed by atoms with E-state index < -0.39 is 8.80 Å². The Balaban J connectivity index is 4.07. The summed E-state index contributed by atoms with van der Waals surface area (Å²) in [5.74, 6) is 0. The molecule has 0 amide bonds. The second kappa shape index (κ2) is 11.8. The number of nitrogens with two attached hydrogens (primary N) is 1. The Kier molecular flexibility index (Phi) is 11.8. The maximum atomic E-state index is 5.59. The van der Waals surface area contributed by atoms with Gasteiger partial charge in [0.2, 0.25) is 0 Å². The zero-order valence-corrected chi connectivity index (χ0v) is 14.1. The van der Waals surface area contributed by atoms with Crippen molar-refractivity contribution in [3.63, 3.8) is 0 Å². The van der Waals surface area contributed by atoms with E-state index in [0.717, 1.165) is 45.1 Å². The Hall–Kier alpha value is 0.0169. The Labute approximate surface area is 119 Å². The molecule has 0 bridgehead atoms. The van der Waals surface area contributed by atoms with E-state index in [4.69, 9.17) is 19.0 Å². The number of hydrogen-bond acceptors (Lipinski definition) is 5. The molecule has 116 valence electrons. The van der Waals surface area contributed by atoms with Gasteiger partial charge in [-0.05, 0) is 45.4 Å². The van der Waals surface area contributed by atoms with Gasteiger partial charge in [0.05, 0.1) is 0 Å². The lowest BCUT2D eigenvalue weighted by atomic mass is 10.3. The van der Waals surface area contributed by atoms with E-state index in [2.05, 4.69) is 11.8 Å². The molecular weight excluding hydrogens is 260 g/mol. The first kappa shape index (κ1) is 19.0. The van der Waals surface area contributed by atoms with Crippen LogP contribution < -0.4 is 5.73 Å². The molecule has 19 heavy (non-hydrogen) atoms. The number of rotatable bonds is 13. The molecule has 0 aliphatic carbocycles. The molecule has 5 nitrogen and oxygen atoms in total. The molecule has 0 saturated heterocycles. The van der Waals surface area contributed by atoms with Gasteiger partial charge in [-0.15, -0.1) is 0 Å². The molecule has 0 fully saturated rings. The van der Waals surface area contributed by atoms with Crippen molar-refractivity contribution in [1.29, 1.82) is 0 Å². The Morgan fingerprint density at radius 3 is 1.89 bits per heavy atom. The lowest BCUT2D eigenvalue weighted by molar-refractivity contribution is 0.121. The van der Waals surface area contributed by atoms with Crippen molar-refractivity contribution in [3.8, 4) is 0 Å². The number of nitrogens with zero attached hydrogens (tertiary/aromatic N) is 1. The fourth-order valence-corrected chi connectivity index (χ4v) is 3.81. The zero-order valence-electron chi connectivity index (χ0n) is 13.1. The molecule has 0 aliphatic heterocycles. The van der Waals surface area contributed by atoms with Crippen LogP contribution in [0.2, 0.25) is 6.04 Å². The normalized spacial score (nSPS) is 12.3. The summed E-state index contributed by atoms with van der Waals surface area (Å²) in [5.41, 5.74) is 5.59. The second-order valence-electron chi connectivity index (χ2n) is 4.74. The summed E-state index contributed by atoms with van der Waals surface area (Å²) in [4.78, 5) is 2.48. The van der Waals surface area contributed by atoms with E-state index in [1.54, 1.807) is 21.3 Å². The fourth-order valence-electron chi connectivity index (χ4n) is 2.11. The smallest absolute Gasteiger partial charge is 0.377 e. The molecule has 0 aromatic rings. The Bertz CT molecular complexity index is 188. The van der Waals surface area contributed by atoms with Crippen LogP contribution in [0.4, 0.5) is 0 Å². The monoisotopic (exact) mass is 292 g/mol. The minimum Gasteiger partial charge on any atom is -0.377 e. The van der Waals surface area contributed by atoms with E-state index in [9.17, 15) is 0 Å². The Morgan fingerprint density at radius 2 is 1.42 bits per heavy atom. The summed E-state index contributed by atoms with van der Waals surface area (Å²) >= 11 is 0. The van der Waals surface area contributed by atoms with E-state index in [1.165, 1.54) is 12.8 Å². The number of unbranched alkanes of at least 4 members (excludes halogenated alkanes) is 1. The minimum atomic E-state index is -2.40. The minimum absolute atomic E-state index is 0.759. The lowest BCUT2D eigenvalue weighted by Gasteiger charge is -2.26. The molecule has 0 unspecified atom stereocenters. The SMILES string of the molecule is CCCCN(CCCN)CCC[Si](OC)(OC)OC. The third kappa shape index (κ3) is 8.01. The Morgan fingerprint density at radius 1 is 0.895 bits per heavy atom. The molecule has 0 spiro atoms. The molecule has 6 heteroatoms. The summed E-state index contributed by atoms with van der Waals surface area (Å²) in [5, 5.41) is 0. The number of hydrogen-bond donors (Lipinski definition) is 1. The van der Waals surface area contributed by atoms with Crippen molar-refractivity contribution in [3.05, 3.63) is 0 Å². The van der Waals surface area contributed by atoms with Crippen LogP contribution in [0.15, 0.2) is 0 Å². The van der Waals surface area contributed by atoms with E-state index in [0.29, 0.717) is 0 Å². The molecule has 0 aromatic carbocycles. The largest absolute Gasteiger partial charge is 0.500 e. The van der Waals surface area contributed by atoms with Crippen LogP contribution in [0.5, 0.6) is 0 Å². The average Bonchev–Trinajstić information content (AvgIpc) is 2.46. The highest BCUT2D eigenvalue weighted by molar-refractivity contribution is 6.60. The highest BCUT2D eigenvalue weighted by Crippen LogP contribution is 2.15. The van der Waals surface area contributed by atoms with Gasteiger partial charge in [0, 0.05) is 27.4 Å². The van der Waals surface area contributed by atoms with E-state index >= 15 is 0 Å². The maximum absolute atomic E-state index is 5.59. The van der Waals surface area contributed by atoms with Gasteiger partial charge >= 0.3 is 8.80 Å². The predicted octanol–water partition coefficient (Wildman–Crippen LogP) is 1.71. The predicted molar refractivity (Wildman–Crippen MR) is 81.2 cm³/mol. The molecule has 0 rings (SSSR count). The van der Waals surface area contributed by atoms with Crippen LogP contribution in [0.1, 0.15) is 32.6 Å². The standard InChI is InChI=1S/C13H32N2O3Si/c1-5-6-10-15(11-7-9-14)12-8-13-19(16-2,17-3)18-4/h5-14H2,1-4H3. The van der Waals surface area contributed by atoms with E-state index in [1.807, 2.05) is 0 Å². The van der Waals surface area contributed by atoms with Gasteiger partial charge in [-0.3, -0.25) is 0 Å². The molecule has 0 aromatic heterocycles. The third-order valence-electron chi connectivity index (χ3n) is 3.40. The molecular formula is C13H32N2O3Si. The summed E-state index contributed by atoms with van der Waals surface area (Å²) in [6, 6.07) is 0.863. The second-order valence-corrected chi connectivity index (χ2v) is 7.83. The maximum Gasteiger partial charge on any atom is 0.500 e. The van der Waals surface area contributed by atoms with Crippen molar-refractivity contribution >= 4 is 8.80 Å². The van der Waals surface area contributed by atoms with Crippen LogP contribution >= 0.6 is 0 Å². The third-order valence-corrected chi connectivity index (χ3v) is 6.23. The van der Waals surface area contributed by atoms with Gasteiger partial charge in [0.15, 0.2) is 0 Å². The topological polar surface area (TPSA) is 57.0 Å². The van der Waals surface area contributed by atoms with Gasteiger partial charge in [-0.2, -0.15) is 0 Å². The van der Waals surface area contributed by atoms with Gasteiger partial charge in [0.25, 0.3) is 0 Å². The van der Waals surface area contributed by atoms with Gasteiger partial charge in [-0.25, -0.2) is 0 Å². The van der Waals surface area contributed by atoms with Crippen molar-refractivity contribution in [2.75, 3.05) is 47.5 Å². The molecule has 0 saturated carbocycles. The summed E-state index contributed by atoms with van der Waals surface area (Å²) < 4.78 is 16.3. The van der Waals surface area contributed by atoms with Crippen molar-refractivity contribution in [1.82, 2.24) is 4.90 Å². The first-order chi connectivity index (χ1) is 9.17. The highest BCUT2D eigenvalue weighted by atomic mass is 28.4. The quantitative estimate of drug-likeness (QED) is 0.524. The van der Waals surface area contributed by atoms with Crippen LogP contribution in [-0.4, -0.2) is 61.2 Å².